The average Bonchev–Trinajstić information content (AvgIpc) is 2.69. The predicted molar refractivity (Wildman–Crippen MR) is 111 cm³/mol. The molecule has 2 aromatic carbocycles. The quantitative estimate of drug-likeness (QED) is 0.485. The van der Waals surface area contributed by atoms with Crippen LogP contribution >= 0.6 is 11.8 Å². The zero-order valence-corrected chi connectivity index (χ0v) is 16.8. The van der Waals surface area contributed by atoms with E-state index in [9.17, 15) is 14.0 Å². The zero-order valence-electron chi connectivity index (χ0n) is 16.0. The van der Waals surface area contributed by atoms with Crippen LogP contribution in [0.15, 0.2) is 58.5 Å². The summed E-state index contributed by atoms with van der Waals surface area (Å²) < 4.78 is 15.4. The van der Waals surface area contributed by atoms with E-state index in [1.807, 2.05) is 26.0 Å². The first-order chi connectivity index (χ1) is 13.4. The molecule has 0 fully saturated rings. The van der Waals surface area contributed by atoms with Crippen LogP contribution in [0.5, 0.6) is 0 Å². The summed E-state index contributed by atoms with van der Waals surface area (Å²) in [6.45, 7) is 5.66. The van der Waals surface area contributed by atoms with E-state index < -0.39 is 11.1 Å². The first-order valence-electron chi connectivity index (χ1n) is 9.15. The van der Waals surface area contributed by atoms with Crippen molar-refractivity contribution in [2.45, 2.75) is 43.6 Å². The van der Waals surface area contributed by atoms with Gasteiger partial charge in [0.2, 0.25) is 5.91 Å². The van der Waals surface area contributed by atoms with Crippen LogP contribution < -0.4 is 10.9 Å². The molecular formula is C21H22FN3O2S. The molecule has 7 heteroatoms. The van der Waals surface area contributed by atoms with Crippen LogP contribution in [-0.2, 0) is 4.79 Å². The molecule has 146 valence electrons. The van der Waals surface area contributed by atoms with Crippen molar-refractivity contribution in [3.8, 4) is 0 Å². The van der Waals surface area contributed by atoms with E-state index in [1.165, 1.54) is 23.9 Å². The maximum Gasteiger partial charge on any atom is 0.262 e. The van der Waals surface area contributed by atoms with Gasteiger partial charge in [-0.1, -0.05) is 43.0 Å². The van der Waals surface area contributed by atoms with Crippen LogP contribution in [0.2, 0.25) is 0 Å². The van der Waals surface area contributed by atoms with Crippen molar-refractivity contribution in [3.05, 3.63) is 64.7 Å². The summed E-state index contributed by atoms with van der Waals surface area (Å²) in [6, 6.07) is 13.1. The highest BCUT2D eigenvalue weighted by Gasteiger charge is 2.22. The number of amides is 1. The molecule has 0 spiro atoms. The van der Waals surface area contributed by atoms with Gasteiger partial charge in [-0.3, -0.25) is 14.2 Å². The smallest absolute Gasteiger partial charge is 0.262 e. The van der Waals surface area contributed by atoms with E-state index in [1.54, 1.807) is 35.8 Å². The Morgan fingerprint density at radius 2 is 1.86 bits per heavy atom. The molecule has 1 aromatic heterocycles. The summed E-state index contributed by atoms with van der Waals surface area (Å²) in [7, 11) is 0. The highest BCUT2D eigenvalue weighted by Crippen LogP contribution is 2.26. The fraction of sp³-hybridized carbons (Fsp3) is 0.286. The molecule has 1 N–H and O–H groups in total. The van der Waals surface area contributed by atoms with Crippen molar-refractivity contribution in [1.29, 1.82) is 0 Å². The number of nitrogens with zero attached hydrogens (tertiary/aromatic N) is 2. The minimum atomic E-state index is -0.567. The molecule has 28 heavy (non-hydrogen) atoms. The first kappa shape index (κ1) is 20.1. The fourth-order valence-corrected chi connectivity index (χ4v) is 3.80. The molecule has 0 aliphatic heterocycles. The third-order valence-electron chi connectivity index (χ3n) is 4.59. The topological polar surface area (TPSA) is 64.0 Å². The number of fused-ring (bicyclic) bond motifs is 1. The van der Waals surface area contributed by atoms with Gasteiger partial charge in [0.05, 0.1) is 21.8 Å². The first-order valence-corrected chi connectivity index (χ1v) is 10.0. The Balaban J connectivity index is 1.93. The Labute approximate surface area is 167 Å². The largest absolute Gasteiger partial charge is 0.323 e. The third kappa shape index (κ3) is 4.09. The number of para-hydroxylation sites is 2. The van der Waals surface area contributed by atoms with E-state index in [0.29, 0.717) is 16.1 Å². The molecule has 0 aliphatic carbocycles. The van der Waals surface area contributed by atoms with Crippen molar-refractivity contribution in [1.82, 2.24) is 9.55 Å². The molecule has 3 rings (SSSR count). The molecule has 0 aliphatic rings. The predicted octanol–water partition coefficient (Wildman–Crippen LogP) is 4.63. The summed E-state index contributed by atoms with van der Waals surface area (Å²) in [5.41, 5.74) is 0.603. The van der Waals surface area contributed by atoms with Gasteiger partial charge in [-0.15, -0.1) is 0 Å². The van der Waals surface area contributed by atoms with Gasteiger partial charge in [0.15, 0.2) is 5.16 Å². The van der Waals surface area contributed by atoms with E-state index in [0.717, 1.165) is 6.42 Å². The summed E-state index contributed by atoms with van der Waals surface area (Å²) in [5.74, 6) is -0.846. The number of thioether (sulfide) groups is 1. The van der Waals surface area contributed by atoms with Crippen molar-refractivity contribution >= 4 is 34.3 Å². The Bertz CT molecular complexity index is 1070. The fourth-order valence-electron chi connectivity index (χ4n) is 2.79. The van der Waals surface area contributed by atoms with E-state index in [4.69, 9.17) is 0 Å². The van der Waals surface area contributed by atoms with Gasteiger partial charge >= 0.3 is 0 Å². The number of benzene rings is 2. The normalized spacial score (nSPS) is 13.3. The van der Waals surface area contributed by atoms with Crippen LogP contribution in [0.25, 0.3) is 10.9 Å². The lowest BCUT2D eigenvalue weighted by Gasteiger charge is -2.20. The second kappa shape index (κ2) is 8.56. The molecule has 1 heterocycles. The molecule has 2 atom stereocenters. The summed E-state index contributed by atoms with van der Waals surface area (Å²) in [6.07, 6.45) is 0.753. The molecule has 5 nitrogen and oxygen atoms in total. The number of anilines is 1. The van der Waals surface area contributed by atoms with E-state index in [-0.39, 0.29) is 23.2 Å². The third-order valence-corrected chi connectivity index (χ3v) is 5.66. The molecule has 3 aromatic rings. The monoisotopic (exact) mass is 399 g/mol. The minimum Gasteiger partial charge on any atom is -0.323 e. The lowest BCUT2D eigenvalue weighted by Crippen LogP contribution is -2.28. The zero-order chi connectivity index (χ0) is 20.3. The lowest BCUT2D eigenvalue weighted by molar-refractivity contribution is -0.115. The molecule has 0 radical (unpaired) electrons. The van der Waals surface area contributed by atoms with E-state index >= 15 is 0 Å². The standard InChI is InChI=1S/C21H22FN3O2S/c1-4-13(2)25-20(27)15-9-5-7-11-17(15)24-21(25)28-14(3)19(26)23-18-12-8-6-10-16(18)22/h5-14H,4H2,1-3H3,(H,23,26)/t13-,14+/m1/s1. The second-order valence-electron chi connectivity index (χ2n) is 6.57. The van der Waals surface area contributed by atoms with Gasteiger partial charge in [-0.2, -0.15) is 0 Å². The second-order valence-corrected chi connectivity index (χ2v) is 7.88. The number of hydrogen-bond acceptors (Lipinski definition) is 4. The molecule has 0 saturated carbocycles. The number of carbonyl (C=O) groups is 1. The Morgan fingerprint density at radius 1 is 1.18 bits per heavy atom. The van der Waals surface area contributed by atoms with Crippen LogP contribution in [0, 0.1) is 5.82 Å². The number of hydrogen-bond donors (Lipinski definition) is 1. The van der Waals surface area contributed by atoms with Gasteiger partial charge in [0, 0.05) is 6.04 Å². The SMILES string of the molecule is CC[C@@H](C)n1c(S[C@@H](C)C(=O)Nc2ccccc2F)nc2ccccc2c1=O. The van der Waals surface area contributed by atoms with Gasteiger partial charge in [0.25, 0.3) is 5.56 Å². The van der Waals surface area contributed by atoms with Gasteiger partial charge in [-0.25, -0.2) is 9.37 Å². The van der Waals surface area contributed by atoms with E-state index in [2.05, 4.69) is 10.3 Å². The molecular weight excluding hydrogens is 377 g/mol. The number of rotatable bonds is 6. The van der Waals surface area contributed by atoms with Crippen LogP contribution in [-0.4, -0.2) is 20.7 Å². The Kier molecular flexibility index (Phi) is 6.14. The highest BCUT2D eigenvalue weighted by atomic mass is 32.2. The number of nitrogens with one attached hydrogen (secondary N) is 1. The molecule has 0 saturated heterocycles. The van der Waals surface area contributed by atoms with Crippen molar-refractivity contribution in [2.75, 3.05) is 5.32 Å². The summed E-state index contributed by atoms with van der Waals surface area (Å²) in [4.78, 5) is 30.2. The van der Waals surface area contributed by atoms with Crippen LogP contribution in [0.3, 0.4) is 0 Å². The lowest BCUT2D eigenvalue weighted by atomic mass is 10.2. The van der Waals surface area contributed by atoms with Crippen molar-refractivity contribution < 1.29 is 9.18 Å². The maximum absolute atomic E-state index is 13.8. The van der Waals surface area contributed by atoms with Crippen molar-refractivity contribution in [3.63, 3.8) is 0 Å². The highest BCUT2D eigenvalue weighted by molar-refractivity contribution is 8.00. The van der Waals surface area contributed by atoms with Gasteiger partial charge in [-0.05, 0) is 44.5 Å². The van der Waals surface area contributed by atoms with Gasteiger partial charge < -0.3 is 5.32 Å². The molecule has 1 amide bonds. The van der Waals surface area contributed by atoms with Gasteiger partial charge in [0.1, 0.15) is 5.82 Å². The summed E-state index contributed by atoms with van der Waals surface area (Å²) in [5, 5.41) is 3.06. The number of aromatic nitrogens is 2. The minimum absolute atomic E-state index is 0.0612. The average molecular weight is 399 g/mol. The number of carbonyl (C=O) groups excluding carboxylic acids is 1. The maximum atomic E-state index is 13.8. The Morgan fingerprint density at radius 3 is 2.57 bits per heavy atom. The Hall–Kier alpha value is -2.67. The number of halogens is 1. The van der Waals surface area contributed by atoms with Crippen LogP contribution in [0.4, 0.5) is 10.1 Å². The molecule has 0 bridgehead atoms. The van der Waals surface area contributed by atoms with Crippen LogP contribution in [0.1, 0.15) is 33.2 Å². The van der Waals surface area contributed by atoms with Crippen molar-refractivity contribution in [2.24, 2.45) is 0 Å². The summed E-state index contributed by atoms with van der Waals surface area (Å²) >= 11 is 1.19. The molecule has 0 unspecified atom stereocenters.